The molecule has 40 heavy (non-hydrogen) atoms. The molecule has 2 aromatic carbocycles. The topological polar surface area (TPSA) is 67.9 Å². The maximum atomic E-state index is 14.3. The highest BCUT2D eigenvalue weighted by atomic mass is 32.2. The Labute approximate surface area is 239 Å². The fraction of sp³-hybridized carbons (Fsp3) is 0.567. The van der Waals surface area contributed by atoms with Crippen LogP contribution in [-0.4, -0.2) is 50.4 Å². The Bertz CT molecular complexity index is 1070. The zero-order valence-corrected chi connectivity index (χ0v) is 25.3. The zero-order valence-electron chi connectivity index (χ0n) is 24.5. The van der Waals surface area contributed by atoms with Gasteiger partial charge in [-0.1, -0.05) is 60.7 Å². The molecule has 4 atom stereocenters. The van der Waals surface area contributed by atoms with E-state index in [1.165, 1.54) is 4.90 Å². The lowest BCUT2D eigenvalue weighted by atomic mass is 9.92. The van der Waals surface area contributed by atoms with Crippen LogP contribution in [0.15, 0.2) is 60.7 Å². The monoisotopic (exact) mass is 584 g/mol. The Hall–Kier alpha value is -2.43. The number of alkyl halides is 3. The highest BCUT2D eigenvalue weighted by Gasteiger charge is 2.44. The Morgan fingerprint density at radius 3 is 1.93 bits per heavy atom. The smallest absolute Gasteiger partial charge is 0.410 e. The van der Waals surface area contributed by atoms with Crippen LogP contribution in [0.3, 0.4) is 0 Å². The number of amides is 1. The van der Waals surface area contributed by atoms with Gasteiger partial charge in [-0.15, -0.1) is 0 Å². The Balaban J connectivity index is 2.40. The summed E-state index contributed by atoms with van der Waals surface area (Å²) >= 11 is 0. The van der Waals surface area contributed by atoms with Crippen LogP contribution in [0.2, 0.25) is 0 Å². The van der Waals surface area contributed by atoms with Gasteiger partial charge < -0.3 is 14.4 Å². The lowest BCUT2D eigenvalue weighted by molar-refractivity contribution is -0.157. The number of hydrogen-bond donors (Lipinski definition) is 1. The van der Waals surface area contributed by atoms with Gasteiger partial charge in [0.15, 0.2) is 0 Å². The molecule has 10 heteroatoms. The molecule has 6 nitrogen and oxygen atoms in total. The summed E-state index contributed by atoms with van der Waals surface area (Å²) < 4.78 is 68.5. The molecule has 0 aliphatic rings. The minimum atomic E-state index is -4.67. The normalized spacial score (nSPS) is 15.7. The van der Waals surface area contributed by atoms with E-state index in [2.05, 4.69) is 4.72 Å². The Kier molecular flexibility index (Phi) is 12.2. The first-order valence-corrected chi connectivity index (χ1v) is 14.5. The van der Waals surface area contributed by atoms with Gasteiger partial charge in [-0.05, 0) is 66.0 Å². The molecule has 1 N–H and O–H groups in total. The van der Waals surface area contributed by atoms with Crippen LogP contribution in [0, 0.1) is 5.92 Å². The van der Waals surface area contributed by atoms with Crippen LogP contribution in [0.4, 0.5) is 18.0 Å². The lowest BCUT2D eigenvalue weighted by Gasteiger charge is -2.38. The first kappa shape index (κ1) is 33.8. The average Bonchev–Trinajstić information content (AvgIpc) is 2.84. The van der Waals surface area contributed by atoms with Crippen molar-refractivity contribution in [2.45, 2.75) is 96.6 Å². The molecule has 0 saturated heterocycles. The molecular formula is C30H43F3N2O4S. The van der Waals surface area contributed by atoms with Gasteiger partial charge in [-0.2, -0.15) is 13.2 Å². The van der Waals surface area contributed by atoms with Gasteiger partial charge in [0.25, 0.3) is 0 Å². The van der Waals surface area contributed by atoms with Crippen LogP contribution < -0.4 is 4.72 Å². The second kappa shape index (κ2) is 14.5. The number of carbonyl (C=O) groups excluding carboxylic acids is 1. The van der Waals surface area contributed by atoms with E-state index in [0.717, 1.165) is 11.1 Å². The van der Waals surface area contributed by atoms with Gasteiger partial charge >= 0.3 is 12.3 Å². The number of halogens is 3. The minimum Gasteiger partial charge on any atom is -0.444 e. The maximum Gasteiger partial charge on any atom is 0.410 e. The summed E-state index contributed by atoms with van der Waals surface area (Å²) in [5, 5.41) is 0. The van der Waals surface area contributed by atoms with Crippen molar-refractivity contribution >= 4 is 17.1 Å². The predicted molar refractivity (Wildman–Crippen MR) is 153 cm³/mol. The zero-order chi connectivity index (χ0) is 30.1. The van der Waals surface area contributed by atoms with Crippen LogP contribution in [0.5, 0.6) is 0 Å². The molecule has 2 rings (SSSR count). The van der Waals surface area contributed by atoms with Gasteiger partial charge in [0.1, 0.15) is 11.6 Å². The van der Waals surface area contributed by atoms with E-state index in [0.29, 0.717) is 0 Å². The van der Waals surface area contributed by atoms with Gasteiger partial charge in [0.2, 0.25) is 0 Å². The van der Waals surface area contributed by atoms with E-state index in [1.54, 1.807) is 48.5 Å². The van der Waals surface area contributed by atoms with Gasteiger partial charge in [0, 0.05) is 18.5 Å². The summed E-state index contributed by atoms with van der Waals surface area (Å²) in [6, 6.07) is 15.7. The molecule has 0 aliphatic carbocycles. The standard InChI is InChI=1S/C30H43F3N2O4S/c1-22(35(27(36)39-28(2,3)4)19-23-14-10-8-11-15-23)25(21-38-20-24-16-12-9-13-17-24)18-26(30(31,32)33)34-40(37)29(5,6)7/h8-17,22,25-26,34H,18-21H2,1-7H3/t22-,25+,26?,40-/m1/s1. The SMILES string of the molecule is C[C@H]([C@H](COCc1ccccc1)CC(N[S@](=O)C(C)(C)C)C(F)(F)F)N(Cc1ccccc1)C(=O)OC(C)(C)C. The highest BCUT2D eigenvalue weighted by Crippen LogP contribution is 2.30. The fourth-order valence-electron chi connectivity index (χ4n) is 3.89. The van der Waals surface area contributed by atoms with Crippen LogP contribution in [-0.2, 0) is 33.6 Å². The third-order valence-electron chi connectivity index (χ3n) is 6.18. The summed E-state index contributed by atoms with van der Waals surface area (Å²) in [5.74, 6) is -0.768. The minimum absolute atomic E-state index is 0.0550. The quantitative estimate of drug-likeness (QED) is 0.291. The van der Waals surface area contributed by atoms with E-state index >= 15 is 0 Å². The average molecular weight is 585 g/mol. The highest BCUT2D eigenvalue weighted by molar-refractivity contribution is 7.84. The van der Waals surface area contributed by atoms with E-state index in [9.17, 15) is 22.2 Å². The van der Waals surface area contributed by atoms with E-state index < -0.39 is 58.0 Å². The molecule has 0 saturated carbocycles. The van der Waals surface area contributed by atoms with E-state index in [4.69, 9.17) is 9.47 Å². The molecule has 0 fully saturated rings. The third kappa shape index (κ3) is 11.6. The second-order valence-electron chi connectivity index (χ2n) is 11.9. The second-order valence-corrected chi connectivity index (χ2v) is 13.9. The number of hydrogen-bond acceptors (Lipinski definition) is 4. The summed E-state index contributed by atoms with van der Waals surface area (Å²) in [7, 11) is -1.96. The largest absolute Gasteiger partial charge is 0.444 e. The molecule has 0 radical (unpaired) electrons. The van der Waals surface area contributed by atoms with Crippen molar-refractivity contribution in [2.24, 2.45) is 5.92 Å². The van der Waals surface area contributed by atoms with Crippen molar-refractivity contribution in [1.29, 1.82) is 0 Å². The summed E-state index contributed by atoms with van der Waals surface area (Å²) in [4.78, 5) is 14.8. The predicted octanol–water partition coefficient (Wildman–Crippen LogP) is 7.02. The molecular weight excluding hydrogens is 541 g/mol. The van der Waals surface area contributed by atoms with Gasteiger partial charge in [-0.3, -0.25) is 0 Å². The molecule has 0 heterocycles. The Morgan fingerprint density at radius 2 is 1.45 bits per heavy atom. The van der Waals surface area contributed by atoms with Crippen molar-refractivity contribution in [3.8, 4) is 0 Å². The number of rotatable bonds is 12. The van der Waals surface area contributed by atoms with Crippen LogP contribution >= 0.6 is 0 Å². The molecule has 0 aromatic heterocycles. The van der Waals surface area contributed by atoms with Crippen molar-refractivity contribution in [3.05, 3.63) is 71.8 Å². The molecule has 0 spiro atoms. The first-order valence-electron chi connectivity index (χ1n) is 13.4. The molecule has 1 amide bonds. The number of benzene rings is 2. The van der Waals surface area contributed by atoms with Gasteiger partial charge in [-0.25, -0.2) is 13.7 Å². The summed E-state index contributed by atoms with van der Waals surface area (Å²) in [6.45, 7) is 12.0. The number of carbonyl (C=O) groups is 1. The van der Waals surface area contributed by atoms with Crippen molar-refractivity contribution in [2.75, 3.05) is 6.61 Å². The van der Waals surface area contributed by atoms with E-state index in [-0.39, 0.29) is 19.8 Å². The molecule has 224 valence electrons. The van der Waals surface area contributed by atoms with Crippen LogP contribution in [0.1, 0.15) is 66.0 Å². The molecule has 0 bridgehead atoms. The fourth-order valence-corrected chi connectivity index (χ4v) is 4.74. The molecule has 1 unspecified atom stereocenters. The summed E-state index contributed by atoms with van der Waals surface area (Å²) in [6.07, 6.45) is -5.75. The molecule has 2 aromatic rings. The maximum absolute atomic E-state index is 14.3. The van der Waals surface area contributed by atoms with Crippen molar-refractivity contribution in [3.63, 3.8) is 0 Å². The Morgan fingerprint density at radius 1 is 0.925 bits per heavy atom. The number of ether oxygens (including phenoxy) is 2. The third-order valence-corrected chi connectivity index (χ3v) is 7.79. The first-order chi connectivity index (χ1) is 18.5. The van der Waals surface area contributed by atoms with Crippen LogP contribution in [0.25, 0.3) is 0 Å². The van der Waals surface area contributed by atoms with Gasteiger partial charge in [0.05, 0.1) is 28.9 Å². The van der Waals surface area contributed by atoms with Crippen molar-refractivity contribution < 1.29 is 31.6 Å². The summed E-state index contributed by atoms with van der Waals surface area (Å²) in [5.41, 5.74) is 0.884. The van der Waals surface area contributed by atoms with E-state index in [1.807, 2.05) is 60.7 Å². The van der Waals surface area contributed by atoms with Crippen molar-refractivity contribution in [1.82, 2.24) is 9.62 Å². The molecule has 0 aliphatic heterocycles. The lowest BCUT2D eigenvalue weighted by Crippen LogP contribution is -2.52. The number of nitrogens with zero attached hydrogens (tertiary/aromatic N) is 1. The number of nitrogens with one attached hydrogen (secondary N) is 1.